The monoisotopic (exact) mass is 263 g/mol. The third kappa shape index (κ3) is 2.55. The minimum Gasteiger partial charge on any atom is -0.444 e. The number of benzene rings is 1. The summed E-state index contributed by atoms with van der Waals surface area (Å²) in [5, 5.41) is 11.3. The summed E-state index contributed by atoms with van der Waals surface area (Å²) in [6.07, 6.45) is 0. The number of nitriles is 1. The molecule has 0 spiro atoms. The van der Waals surface area contributed by atoms with Gasteiger partial charge in [0.25, 0.3) is 0 Å². The van der Waals surface area contributed by atoms with E-state index in [2.05, 4.69) is 10.3 Å². The van der Waals surface area contributed by atoms with Gasteiger partial charge in [-0.25, -0.2) is 13.8 Å². The van der Waals surface area contributed by atoms with Gasteiger partial charge in [-0.05, 0) is 26.0 Å². The fraction of sp³-hybridized carbons (Fsp3) is 0.231. The third-order valence-corrected chi connectivity index (χ3v) is 2.71. The Balaban J connectivity index is 2.16. The highest BCUT2D eigenvalue weighted by molar-refractivity contribution is 5.49. The number of oxazole rings is 1. The van der Waals surface area contributed by atoms with Crippen LogP contribution in [0.15, 0.2) is 16.5 Å². The SMILES string of the molecule is Cc1nc(CNc2ccc(C#N)c(F)c2F)oc1C. The number of hydrogen-bond acceptors (Lipinski definition) is 4. The maximum Gasteiger partial charge on any atom is 0.213 e. The van der Waals surface area contributed by atoms with Crippen LogP contribution >= 0.6 is 0 Å². The molecule has 0 aliphatic rings. The fourth-order valence-corrected chi connectivity index (χ4v) is 1.56. The Kier molecular flexibility index (Phi) is 3.47. The summed E-state index contributed by atoms with van der Waals surface area (Å²) in [4.78, 5) is 4.11. The molecule has 0 radical (unpaired) electrons. The van der Waals surface area contributed by atoms with Crippen molar-refractivity contribution >= 4 is 5.69 Å². The van der Waals surface area contributed by atoms with Gasteiger partial charge in [-0.3, -0.25) is 0 Å². The van der Waals surface area contributed by atoms with Crippen LogP contribution in [0.25, 0.3) is 0 Å². The number of nitrogens with one attached hydrogen (secondary N) is 1. The Labute approximate surface area is 108 Å². The third-order valence-electron chi connectivity index (χ3n) is 2.71. The molecule has 1 aromatic carbocycles. The molecular formula is C13H11F2N3O. The highest BCUT2D eigenvalue weighted by atomic mass is 19.2. The summed E-state index contributed by atoms with van der Waals surface area (Å²) < 4.78 is 32.3. The number of nitrogens with zero attached hydrogens (tertiary/aromatic N) is 2. The van der Waals surface area contributed by atoms with Crippen molar-refractivity contribution in [1.82, 2.24) is 4.98 Å². The van der Waals surface area contributed by atoms with Gasteiger partial charge in [0.2, 0.25) is 5.89 Å². The van der Waals surface area contributed by atoms with Gasteiger partial charge in [0.05, 0.1) is 23.5 Å². The number of halogens is 2. The average Bonchev–Trinajstić information content (AvgIpc) is 2.71. The highest BCUT2D eigenvalue weighted by Gasteiger charge is 2.13. The zero-order valence-corrected chi connectivity index (χ0v) is 10.4. The van der Waals surface area contributed by atoms with E-state index in [1.807, 2.05) is 0 Å². The van der Waals surface area contributed by atoms with Crippen LogP contribution in [-0.2, 0) is 6.54 Å². The van der Waals surface area contributed by atoms with Crippen LogP contribution in [0.1, 0.15) is 22.9 Å². The van der Waals surface area contributed by atoms with Gasteiger partial charge in [0.1, 0.15) is 11.8 Å². The van der Waals surface area contributed by atoms with Gasteiger partial charge in [-0.2, -0.15) is 5.26 Å². The Morgan fingerprint density at radius 3 is 2.63 bits per heavy atom. The quantitative estimate of drug-likeness (QED) is 0.924. The predicted molar refractivity (Wildman–Crippen MR) is 64.4 cm³/mol. The second kappa shape index (κ2) is 5.06. The van der Waals surface area contributed by atoms with Crippen LogP contribution in [0.2, 0.25) is 0 Å². The van der Waals surface area contributed by atoms with Crippen LogP contribution < -0.4 is 5.32 Å². The molecule has 0 aliphatic carbocycles. The van der Waals surface area contributed by atoms with Gasteiger partial charge >= 0.3 is 0 Å². The molecule has 0 atom stereocenters. The van der Waals surface area contributed by atoms with Gasteiger partial charge in [0.15, 0.2) is 11.6 Å². The molecular weight excluding hydrogens is 252 g/mol. The van der Waals surface area contributed by atoms with Crippen molar-refractivity contribution < 1.29 is 13.2 Å². The first kappa shape index (κ1) is 13.0. The molecule has 19 heavy (non-hydrogen) atoms. The molecule has 0 fully saturated rings. The van der Waals surface area contributed by atoms with Crippen LogP contribution in [0.4, 0.5) is 14.5 Å². The lowest BCUT2D eigenvalue weighted by Crippen LogP contribution is -2.04. The smallest absolute Gasteiger partial charge is 0.213 e. The van der Waals surface area contributed by atoms with Gasteiger partial charge in [-0.1, -0.05) is 0 Å². The van der Waals surface area contributed by atoms with Crippen molar-refractivity contribution in [2.24, 2.45) is 0 Å². The largest absolute Gasteiger partial charge is 0.444 e. The molecule has 98 valence electrons. The standard InChI is InChI=1S/C13H11F2N3O/c1-7-8(2)19-11(18-7)6-17-10-4-3-9(5-16)12(14)13(10)15/h3-4,17H,6H2,1-2H3. The Morgan fingerprint density at radius 2 is 2.05 bits per heavy atom. The van der Waals surface area contributed by atoms with Crippen molar-refractivity contribution in [2.75, 3.05) is 5.32 Å². The van der Waals surface area contributed by atoms with E-state index in [0.717, 1.165) is 5.69 Å². The lowest BCUT2D eigenvalue weighted by Gasteiger charge is -2.06. The summed E-state index contributed by atoms with van der Waals surface area (Å²) in [6.45, 7) is 3.70. The number of aromatic nitrogens is 1. The second-order valence-corrected chi connectivity index (χ2v) is 4.00. The van der Waals surface area contributed by atoms with Crippen LogP contribution in [0.5, 0.6) is 0 Å². The molecule has 2 aromatic rings. The Morgan fingerprint density at radius 1 is 1.32 bits per heavy atom. The van der Waals surface area contributed by atoms with E-state index in [1.54, 1.807) is 19.9 Å². The van der Waals surface area contributed by atoms with E-state index < -0.39 is 11.6 Å². The van der Waals surface area contributed by atoms with Crippen LogP contribution in [0, 0.1) is 36.8 Å². The van der Waals surface area contributed by atoms with E-state index in [-0.39, 0.29) is 17.8 Å². The zero-order valence-electron chi connectivity index (χ0n) is 10.4. The average molecular weight is 263 g/mol. The number of rotatable bonds is 3. The normalized spacial score (nSPS) is 10.3. The minimum absolute atomic E-state index is 0.0370. The molecule has 0 unspecified atom stereocenters. The first-order valence-corrected chi connectivity index (χ1v) is 5.57. The molecule has 6 heteroatoms. The molecule has 1 N–H and O–H groups in total. The van der Waals surface area contributed by atoms with E-state index in [9.17, 15) is 8.78 Å². The fourth-order valence-electron chi connectivity index (χ4n) is 1.56. The van der Waals surface area contributed by atoms with E-state index in [0.29, 0.717) is 11.7 Å². The topological polar surface area (TPSA) is 61.9 Å². The summed E-state index contributed by atoms with van der Waals surface area (Å²) in [7, 11) is 0. The first-order chi connectivity index (χ1) is 9.02. The molecule has 0 saturated carbocycles. The molecule has 4 nitrogen and oxygen atoms in total. The number of aryl methyl sites for hydroxylation is 2. The molecule has 0 bridgehead atoms. The van der Waals surface area contributed by atoms with E-state index in [1.165, 1.54) is 12.1 Å². The predicted octanol–water partition coefficient (Wildman–Crippen LogP) is 3.05. The molecule has 0 amide bonds. The first-order valence-electron chi connectivity index (χ1n) is 5.57. The lowest BCUT2D eigenvalue weighted by molar-refractivity contribution is 0.476. The maximum absolute atomic E-state index is 13.6. The van der Waals surface area contributed by atoms with Gasteiger partial charge in [-0.15, -0.1) is 0 Å². The van der Waals surface area contributed by atoms with Gasteiger partial charge in [0, 0.05) is 0 Å². The Bertz CT molecular complexity index is 639. The minimum atomic E-state index is -1.16. The molecule has 2 rings (SSSR count). The molecule has 0 aliphatic heterocycles. The Hall–Kier alpha value is -2.42. The lowest BCUT2D eigenvalue weighted by atomic mass is 10.2. The van der Waals surface area contributed by atoms with E-state index in [4.69, 9.17) is 9.68 Å². The summed E-state index contributed by atoms with van der Waals surface area (Å²) >= 11 is 0. The van der Waals surface area contributed by atoms with Crippen molar-refractivity contribution in [1.29, 1.82) is 5.26 Å². The highest BCUT2D eigenvalue weighted by Crippen LogP contribution is 2.21. The zero-order chi connectivity index (χ0) is 14.0. The number of anilines is 1. The summed E-state index contributed by atoms with van der Waals surface area (Å²) in [6, 6.07) is 4.09. The van der Waals surface area contributed by atoms with Gasteiger partial charge < -0.3 is 9.73 Å². The van der Waals surface area contributed by atoms with Crippen molar-refractivity contribution in [2.45, 2.75) is 20.4 Å². The summed E-state index contributed by atoms with van der Waals surface area (Å²) in [5.74, 6) is -1.17. The van der Waals surface area contributed by atoms with E-state index >= 15 is 0 Å². The van der Waals surface area contributed by atoms with Crippen molar-refractivity contribution in [3.8, 4) is 6.07 Å². The van der Waals surface area contributed by atoms with Crippen molar-refractivity contribution in [3.05, 3.63) is 46.7 Å². The number of hydrogen-bond donors (Lipinski definition) is 1. The second-order valence-electron chi connectivity index (χ2n) is 4.00. The molecule has 1 aromatic heterocycles. The molecule has 1 heterocycles. The van der Waals surface area contributed by atoms with Crippen LogP contribution in [0.3, 0.4) is 0 Å². The maximum atomic E-state index is 13.6. The van der Waals surface area contributed by atoms with Crippen molar-refractivity contribution in [3.63, 3.8) is 0 Å². The summed E-state index contributed by atoms with van der Waals surface area (Å²) in [5.41, 5.74) is 0.388. The molecule has 0 saturated heterocycles. The van der Waals surface area contributed by atoms with Crippen LogP contribution in [-0.4, -0.2) is 4.98 Å².